The van der Waals surface area contributed by atoms with Gasteiger partial charge in [0.2, 0.25) is 5.91 Å². The first-order valence-electron chi connectivity index (χ1n) is 7.50. The summed E-state index contributed by atoms with van der Waals surface area (Å²) in [6.07, 6.45) is -2.00. The van der Waals surface area contributed by atoms with E-state index in [1.165, 1.54) is 4.90 Å². The number of amides is 1. The van der Waals surface area contributed by atoms with Gasteiger partial charge in [-0.1, -0.05) is 6.92 Å². The van der Waals surface area contributed by atoms with Crippen molar-refractivity contribution in [3.05, 3.63) is 0 Å². The second-order valence-electron chi connectivity index (χ2n) is 6.71. The van der Waals surface area contributed by atoms with Gasteiger partial charge < -0.3 is 10.6 Å². The minimum Gasteiger partial charge on any atom is -0.342 e. The molecule has 2 unspecified atom stereocenters. The van der Waals surface area contributed by atoms with Crippen molar-refractivity contribution < 1.29 is 18.0 Å². The molecule has 22 heavy (non-hydrogen) atoms. The zero-order chi connectivity index (χ0) is 15.7. The number of nitrogens with zero attached hydrogens (tertiary/aromatic N) is 2. The number of piperidine rings is 1. The molecule has 2 aliphatic heterocycles. The summed E-state index contributed by atoms with van der Waals surface area (Å²) in [5.74, 6) is -0.305. The first-order chi connectivity index (χ1) is 9.72. The largest absolute Gasteiger partial charge is 0.401 e. The maximum Gasteiger partial charge on any atom is 0.401 e. The molecule has 2 atom stereocenters. The Kier molecular flexibility index (Phi) is 6.53. The van der Waals surface area contributed by atoms with Crippen molar-refractivity contribution in [2.75, 3.05) is 39.3 Å². The monoisotopic (exact) mass is 343 g/mol. The highest BCUT2D eigenvalue weighted by atomic mass is 35.5. The number of likely N-dealkylation sites (tertiary alicyclic amines) is 2. The maximum absolute atomic E-state index is 12.5. The van der Waals surface area contributed by atoms with Crippen LogP contribution in [0.2, 0.25) is 0 Å². The summed E-state index contributed by atoms with van der Waals surface area (Å²) in [5, 5.41) is 0. The van der Waals surface area contributed by atoms with Gasteiger partial charge in [-0.05, 0) is 37.8 Å². The molecular weight excluding hydrogens is 319 g/mol. The molecule has 2 saturated heterocycles. The van der Waals surface area contributed by atoms with Crippen molar-refractivity contribution in [2.24, 2.45) is 17.1 Å². The molecule has 2 fully saturated rings. The summed E-state index contributed by atoms with van der Waals surface area (Å²) in [7, 11) is 0. The fourth-order valence-electron chi connectivity index (χ4n) is 3.29. The SMILES string of the molecule is CC1(CN)CCN(C(=O)C2CCCN(CC(F)(F)F)C2)C1.Cl. The van der Waals surface area contributed by atoms with Crippen LogP contribution in [-0.2, 0) is 4.79 Å². The zero-order valence-electron chi connectivity index (χ0n) is 12.9. The molecular formula is C14H25ClF3N3O. The molecule has 2 heterocycles. The van der Waals surface area contributed by atoms with E-state index in [1.807, 2.05) is 0 Å². The minimum absolute atomic E-state index is 0. The Balaban J connectivity index is 0.00000242. The average molecular weight is 344 g/mol. The van der Waals surface area contributed by atoms with Crippen LogP contribution in [0.3, 0.4) is 0 Å². The highest BCUT2D eigenvalue weighted by Gasteiger charge is 2.39. The van der Waals surface area contributed by atoms with Gasteiger partial charge in [0.1, 0.15) is 0 Å². The van der Waals surface area contributed by atoms with E-state index in [1.54, 1.807) is 4.90 Å². The van der Waals surface area contributed by atoms with Crippen LogP contribution in [0.15, 0.2) is 0 Å². The third kappa shape index (κ3) is 4.99. The Bertz CT molecular complexity index is 394. The van der Waals surface area contributed by atoms with E-state index in [2.05, 4.69) is 6.92 Å². The van der Waals surface area contributed by atoms with Crippen LogP contribution in [0.5, 0.6) is 0 Å². The second-order valence-corrected chi connectivity index (χ2v) is 6.71. The Hall–Kier alpha value is -0.530. The average Bonchev–Trinajstić information content (AvgIpc) is 2.80. The lowest BCUT2D eigenvalue weighted by atomic mass is 9.90. The molecule has 1 amide bonds. The van der Waals surface area contributed by atoms with Gasteiger partial charge in [0, 0.05) is 19.6 Å². The Morgan fingerprint density at radius 1 is 1.36 bits per heavy atom. The van der Waals surface area contributed by atoms with Crippen LogP contribution in [0, 0.1) is 11.3 Å². The lowest BCUT2D eigenvalue weighted by molar-refractivity contribution is -0.154. The van der Waals surface area contributed by atoms with Crippen LogP contribution >= 0.6 is 12.4 Å². The summed E-state index contributed by atoms with van der Waals surface area (Å²) in [6, 6.07) is 0. The van der Waals surface area contributed by atoms with Crippen LogP contribution in [0.1, 0.15) is 26.2 Å². The van der Waals surface area contributed by atoms with E-state index in [0.29, 0.717) is 39.0 Å². The van der Waals surface area contributed by atoms with Gasteiger partial charge in [-0.15, -0.1) is 12.4 Å². The van der Waals surface area contributed by atoms with Gasteiger partial charge in [0.15, 0.2) is 0 Å². The van der Waals surface area contributed by atoms with E-state index in [-0.39, 0.29) is 36.2 Å². The van der Waals surface area contributed by atoms with E-state index in [4.69, 9.17) is 5.73 Å². The molecule has 130 valence electrons. The molecule has 0 aromatic rings. The summed E-state index contributed by atoms with van der Waals surface area (Å²) in [4.78, 5) is 15.6. The minimum atomic E-state index is -4.20. The van der Waals surface area contributed by atoms with Crippen molar-refractivity contribution in [3.8, 4) is 0 Å². The van der Waals surface area contributed by atoms with Crippen LogP contribution in [0.4, 0.5) is 13.2 Å². The number of rotatable bonds is 3. The fraction of sp³-hybridized carbons (Fsp3) is 0.929. The van der Waals surface area contributed by atoms with Gasteiger partial charge in [-0.2, -0.15) is 13.2 Å². The molecule has 2 aliphatic rings. The number of nitrogens with two attached hydrogens (primary N) is 1. The van der Waals surface area contributed by atoms with E-state index >= 15 is 0 Å². The third-order valence-electron chi connectivity index (χ3n) is 4.62. The normalized spacial score (nSPS) is 30.2. The first kappa shape index (κ1) is 19.5. The van der Waals surface area contributed by atoms with Gasteiger partial charge in [0.05, 0.1) is 12.5 Å². The van der Waals surface area contributed by atoms with E-state index < -0.39 is 12.7 Å². The van der Waals surface area contributed by atoms with Crippen molar-refractivity contribution in [3.63, 3.8) is 0 Å². The molecule has 0 spiro atoms. The number of hydrogen-bond acceptors (Lipinski definition) is 3. The van der Waals surface area contributed by atoms with E-state index in [9.17, 15) is 18.0 Å². The highest BCUT2D eigenvalue weighted by Crippen LogP contribution is 2.31. The van der Waals surface area contributed by atoms with Gasteiger partial charge in [-0.3, -0.25) is 9.69 Å². The Morgan fingerprint density at radius 3 is 2.59 bits per heavy atom. The second kappa shape index (κ2) is 7.36. The Labute approximate surface area is 135 Å². The van der Waals surface area contributed by atoms with E-state index in [0.717, 1.165) is 6.42 Å². The van der Waals surface area contributed by atoms with Crippen LogP contribution in [0.25, 0.3) is 0 Å². The molecule has 8 heteroatoms. The lowest BCUT2D eigenvalue weighted by Crippen LogP contribution is -2.47. The Morgan fingerprint density at radius 2 is 2.05 bits per heavy atom. The smallest absolute Gasteiger partial charge is 0.342 e. The molecule has 2 rings (SSSR count). The molecule has 0 saturated carbocycles. The van der Waals surface area contributed by atoms with Crippen molar-refractivity contribution in [1.29, 1.82) is 0 Å². The molecule has 2 N–H and O–H groups in total. The topological polar surface area (TPSA) is 49.6 Å². The van der Waals surface area contributed by atoms with Crippen molar-refractivity contribution in [1.82, 2.24) is 9.80 Å². The predicted molar refractivity (Wildman–Crippen MR) is 80.8 cm³/mol. The number of carbonyl (C=O) groups excluding carboxylic acids is 1. The van der Waals surface area contributed by atoms with Gasteiger partial charge in [-0.25, -0.2) is 0 Å². The maximum atomic E-state index is 12.5. The number of carbonyl (C=O) groups is 1. The number of halogens is 4. The molecule has 0 radical (unpaired) electrons. The van der Waals surface area contributed by atoms with Gasteiger partial charge in [0.25, 0.3) is 0 Å². The number of hydrogen-bond donors (Lipinski definition) is 1. The quantitative estimate of drug-likeness (QED) is 0.851. The molecule has 0 bridgehead atoms. The summed E-state index contributed by atoms with van der Waals surface area (Å²) in [6.45, 7) is 3.59. The molecule has 0 aliphatic carbocycles. The predicted octanol–water partition coefficient (Wildman–Crippen LogP) is 1.88. The van der Waals surface area contributed by atoms with Gasteiger partial charge >= 0.3 is 6.18 Å². The lowest BCUT2D eigenvalue weighted by Gasteiger charge is -2.34. The summed E-state index contributed by atoms with van der Waals surface area (Å²) in [5.41, 5.74) is 5.68. The highest BCUT2D eigenvalue weighted by molar-refractivity contribution is 5.85. The third-order valence-corrected chi connectivity index (χ3v) is 4.62. The molecule has 0 aromatic heterocycles. The fourth-order valence-corrected chi connectivity index (χ4v) is 3.29. The molecule has 0 aromatic carbocycles. The number of alkyl halides is 3. The van der Waals surface area contributed by atoms with Crippen LogP contribution in [-0.4, -0.2) is 61.2 Å². The summed E-state index contributed by atoms with van der Waals surface area (Å²) < 4.78 is 37.4. The zero-order valence-corrected chi connectivity index (χ0v) is 13.7. The van der Waals surface area contributed by atoms with Crippen LogP contribution < -0.4 is 5.73 Å². The van der Waals surface area contributed by atoms with Crippen molar-refractivity contribution >= 4 is 18.3 Å². The molecule has 4 nitrogen and oxygen atoms in total. The first-order valence-corrected chi connectivity index (χ1v) is 7.50. The van der Waals surface area contributed by atoms with Crippen molar-refractivity contribution in [2.45, 2.75) is 32.4 Å². The standard InChI is InChI=1S/C14H24F3N3O.ClH/c1-13(8-18)4-6-20(9-13)12(21)11-3-2-5-19(7-11)10-14(15,16)17;/h11H,2-10,18H2,1H3;1H. The summed E-state index contributed by atoms with van der Waals surface area (Å²) >= 11 is 0.